The second-order valence-electron chi connectivity index (χ2n) is 6.16. The minimum absolute atomic E-state index is 0.253. The Hall–Kier alpha value is -2.83. The highest BCUT2D eigenvalue weighted by atomic mass is 16.6. The van der Waals surface area contributed by atoms with Crippen molar-refractivity contribution in [2.24, 2.45) is 10.7 Å². The van der Waals surface area contributed by atoms with Crippen LogP contribution in [0, 0.1) is 0 Å². The maximum Gasteiger partial charge on any atom is 0.365 e. The highest BCUT2D eigenvalue weighted by Crippen LogP contribution is 2.20. The van der Waals surface area contributed by atoms with Gasteiger partial charge in [0.15, 0.2) is 5.70 Å². The zero-order chi connectivity index (χ0) is 18.9. The van der Waals surface area contributed by atoms with Crippen molar-refractivity contribution in [3.63, 3.8) is 0 Å². The molecular formula is C19H25N3O4. The maximum atomic E-state index is 12.0. The van der Waals surface area contributed by atoms with Gasteiger partial charge in [-0.1, -0.05) is 18.9 Å². The van der Waals surface area contributed by atoms with Crippen molar-refractivity contribution >= 4 is 17.8 Å². The highest BCUT2D eigenvalue weighted by molar-refractivity contribution is 6.11. The quantitative estimate of drug-likeness (QED) is 0.393. The number of rotatable bonds is 10. The first-order valence-corrected chi connectivity index (χ1v) is 8.65. The average molecular weight is 359 g/mol. The number of hydrogen-bond acceptors (Lipinski definition) is 6. The van der Waals surface area contributed by atoms with Gasteiger partial charge in [0, 0.05) is 31.8 Å². The van der Waals surface area contributed by atoms with Gasteiger partial charge >= 0.3 is 5.97 Å². The Balaban J connectivity index is 1.87. The third-order valence-electron chi connectivity index (χ3n) is 3.96. The van der Waals surface area contributed by atoms with Crippen LogP contribution < -0.4 is 10.5 Å². The molecule has 0 spiro atoms. The second kappa shape index (κ2) is 9.60. The first-order chi connectivity index (χ1) is 12.5. The topological polar surface area (TPSA) is 94.2 Å². The molecule has 26 heavy (non-hydrogen) atoms. The third kappa shape index (κ3) is 5.91. The summed E-state index contributed by atoms with van der Waals surface area (Å²) in [4.78, 5) is 28.9. The van der Waals surface area contributed by atoms with E-state index >= 15 is 0 Å². The molecule has 2 N–H and O–H groups in total. The van der Waals surface area contributed by atoms with Crippen molar-refractivity contribution in [1.82, 2.24) is 4.90 Å². The molecule has 0 radical (unpaired) electrons. The molecule has 1 heterocycles. The molecule has 0 fully saturated rings. The van der Waals surface area contributed by atoms with Crippen LogP contribution in [0.15, 0.2) is 41.2 Å². The van der Waals surface area contributed by atoms with Crippen molar-refractivity contribution in [3.05, 3.63) is 41.7 Å². The number of aliphatic imine (C=N–C) groups is 1. The molecule has 0 atom stereocenters. The van der Waals surface area contributed by atoms with E-state index in [1.165, 1.54) is 0 Å². The summed E-state index contributed by atoms with van der Waals surface area (Å²) in [5, 5.41) is 0. The van der Waals surface area contributed by atoms with Crippen LogP contribution in [0.2, 0.25) is 0 Å². The summed E-state index contributed by atoms with van der Waals surface area (Å²) in [6, 6.07) is 7.21. The summed E-state index contributed by atoms with van der Waals surface area (Å²) in [5.74, 6) is 0.236. The molecule has 0 aromatic heterocycles. The van der Waals surface area contributed by atoms with E-state index in [4.69, 9.17) is 15.2 Å². The molecule has 1 aromatic rings. The fourth-order valence-corrected chi connectivity index (χ4v) is 2.57. The van der Waals surface area contributed by atoms with Gasteiger partial charge in [0.2, 0.25) is 11.8 Å². The number of carbonyl (C=O) groups excluding carboxylic acids is 2. The smallest absolute Gasteiger partial charge is 0.365 e. The average Bonchev–Trinajstić information content (AvgIpc) is 2.98. The molecule has 1 aliphatic heterocycles. The van der Waals surface area contributed by atoms with Crippen LogP contribution in [0.5, 0.6) is 5.75 Å². The number of unbranched alkanes of at least 4 members (excludes halogenated alkanes) is 3. The number of esters is 1. The van der Waals surface area contributed by atoms with E-state index in [-0.39, 0.29) is 17.5 Å². The molecule has 1 aliphatic rings. The molecule has 7 heteroatoms. The van der Waals surface area contributed by atoms with Crippen LogP contribution in [0.4, 0.5) is 0 Å². The van der Waals surface area contributed by atoms with Crippen molar-refractivity contribution in [2.45, 2.75) is 32.1 Å². The van der Waals surface area contributed by atoms with Gasteiger partial charge in [-0.05, 0) is 31.0 Å². The maximum absolute atomic E-state index is 12.0. The van der Waals surface area contributed by atoms with Crippen LogP contribution in [-0.2, 0) is 14.3 Å². The van der Waals surface area contributed by atoms with Crippen LogP contribution in [0.1, 0.15) is 37.7 Å². The molecule has 1 aromatic carbocycles. The molecule has 0 saturated heterocycles. The van der Waals surface area contributed by atoms with Crippen molar-refractivity contribution in [1.29, 1.82) is 0 Å². The molecule has 0 aliphatic carbocycles. The van der Waals surface area contributed by atoms with E-state index in [9.17, 15) is 9.59 Å². The molecule has 0 bridgehead atoms. The van der Waals surface area contributed by atoms with Crippen LogP contribution in [0.3, 0.4) is 0 Å². The van der Waals surface area contributed by atoms with Crippen molar-refractivity contribution < 1.29 is 19.1 Å². The van der Waals surface area contributed by atoms with Crippen LogP contribution in [-0.4, -0.2) is 43.4 Å². The Labute approximate surface area is 153 Å². The molecule has 7 nitrogen and oxygen atoms in total. The molecular weight excluding hydrogens is 334 g/mol. The molecule has 0 saturated carbocycles. The summed E-state index contributed by atoms with van der Waals surface area (Å²) in [5.41, 5.74) is 6.08. The van der Waals surface area contributed by atoms with Gasteiger partial charge in [-0.25, -0.2) is 9.79 Å². The second-order valence-corrected chi connectivity index (χ2v) is 6.16. The van der Waals surface area contributed by atoms with Gasteiger partial charge in [-0.2, -0.15) is 0 Å². The van der Waals surface area contributed by atoms with E-state index in [2.05, 4.69) is 4.99 Å². The Morgan fingerprint density at radius 1 is 1.31 bits per heavy atom. The lowest BCUT2D eigenvalue weighted by molar-refractivity contribution is -0.130. The Morgan fingerprint density at radius 3 is 2.81 bits per heavy atom. The number of amides is 1. The predicted octanol–water partition coefficient (Wildman–Crippen LogP) is 2.21. The Morgan fingerprint density at radius 2 is 2.08 bits per heavy atom. The van der Waals surface area contributed by atoms with Gasteiger partial charge < -0.3 is 20.1 Å². The fourth-order valence-electron chi connectivity index (χ4n) is 2.57. The molecule has 1 amide bonds. The largest absolute Gasteiger partial charge is 0.497 e. The van der Waals surface area contributed by atoms with E-state index in [0.29, 0.717) is 17.7 Å². The summed E-state index contributed by atoms with van der Waals surface area (Å²) in [6.07, 6.45) is 5.88. The van der Waals surface area contributed by atoms with Gasteiger partial charge in [0.05, 0.1) is 7.11 Å². The number of cyclic esters (lactones) is 1. The zero-order valence-corrected chi connectivity index (χ0v) is 15.2. The van der Waals surface area contributed by atoms with Crippen molar-refractivity contribution in [2.75, 3.05) is 20.7 Å². The lowest BCUT2D eigenvalue weighted by Crippen LogP contribution is -2.14. The summed E-state index contributed by atoms with van der Waals surface area (Å²) in [6.45, 7) is 0.789. The number of hydrogen-bond donors (Lipinski definition) is 1. The number of nitrogens with zero attached hydrogens (tertiary/aromatic N) is 2. The molecule has 2 rings (SSSR count). The minimum atomic E-state index is -0.462. The number of ether oxygens (including phenoxy) is 2. The van der Waals surface area contributed by atoms with Crippen LogP contribution >= 0.6 is 0 Å². The van der Waals surface area contributed by atoms with E-state index in [1.807, 2.05) is 30.1 Å². The summed E-state index contributed by atoms with van der Waals surface area (Å²) in [7, 11) is 3.47. The lowest BCUT2D eigenvalue weighted by atomic mass is 10.1. The number of methoxy groups -OCH3 is 1. The Bertz CT molecular complexity index is 712. The number of benzene rings is 1. The normalized spacial score (nSPS) is 14.9. The highest BCUT2D eigenvalue weighted by Gasteiger charge is 2.24. The molecule has 140 valence electrons. The minimum Gasteiger partial charge on any atom is -0.497 e. The van der Waals surface area contributed by atoms with Crippen molar-refractivity contribution in [3.8, 4) is 5.75 Å². The first kappa shape index (κ1) is 19.5. The standard InChI is InChI=1S/C19H25N3O4/c1-22(11-6-4-3-5-10-17(20)23)13-16-19(24)26-18(21-16)14-8-7-9-15(12-14)25-2/h7-9,12-13H,3-6,10-11H2,1-2H3,(H2,20,23). The van der Waals surface area contributed by atoms with E-state index in [1.54, 1.807) is 19.4 Å². The van der Waals surface area contributed by atoms with Gasteiger partial charge in [0.25, 0.3) is 0 Å². The zero-order valence-electron chi connectivity index (χ0n) is 15.2. The SMILES string of the molecule is COc1cccc(C2=NC(=CN(C)CCCCCCC(N)=O)C(=O)O2)c1. The fraction of sp³-hybridized carbons (Fsp3) is 0.421. The first-order valence-electron chi connectivity index (χ1n) is 8.65. The van der Waals surface area contributed by atoms with Crippen LogP contribution in [0.25, 0.3) is 0 Å². The molecule has 0 unspecified atom stereocenters. The summed E-state index contributed by atoms with van der Waals surface area (Å²) < 4.78 is 10.4. The van der Waals surface area contributed by atoms with E-state index in [0.717, 1.165) is 32.2 Å². The number of carbonyl (C=O) groups is 2. The van der Waals surface area contributed by atoms with E-state index < -0.39 is 5.97 Å². The Kier molecular flexibility index (Phi) is 7.20. The lowest BCUT2D eigenvalue weighted by Gasteiger charge is -2.13. The van der Waals surface area contributed by atoms with Gasteiger partial charge in [0.1, 0.15) is 5.75 Å². The number of nitrogens with two attached hydrogens (primary N) is 1. The predicted molar refractivity (Wildman–Crippen MR) is 98.6 cm³/mol. The third-order valence-corrected chi connectivity index (χ3v) is 3.96. The van der Waals surface area contributed by atoms with Gasteiger partial charge in [-0.15, -0.1) is 0 Å². The van der Waals surface area contributed by atoms with Gasteiger partial charge in [-0.3, -0.25) is 4.79 Å². The monoisotopic (exact) mass is 359 g/mol. The summed E-state index contributed by atoms with van der Waals surface area (Å²) >= 11 is 0. The number of primary amides is 1.